The molecule has 0 saturated carbocycles. The van der Waals surface area contributed by atoms with Crippen LogP contribution in [0.4, 0.5) is 13.2 Å². The van der Waals surface area contributed by atoms with Crippen LogP contribution in [0, 0.1) is 5.92 Å². The van der Waals surface area contributed by atoms with Crippen molar-refractivity contribution in [1.29, 1.82) is 0 Å². The lowest BCUT2D eigenvalue weighted by atomic mass is 9.84. The third kappa shape index (κ3) is 3.32. The van der Waals surface area contributed by atoms with E-state index in [9.17, 15) is 18.0 Å². The Bertz CT molecular complexity index is 1130. The summed E-state index contributed by atoms with van der Waals surface area (Å²) in [5.74, 6) is 1.29. The van der Waals surface area contributed by atoms with Gasteiger partial charge in [-0.1, -0.05) is 6.07 Å². The molecule has 1 N–H and O–H groups in total. The quantitative estimate of drug-likeness (QED) is 0.715. The van der Waals surface area contributed by atoms with Gasteiger partial charge >= 0.3 is 6.18 Å². The van der Waals surface area contributed by atoms with Gasteiger partial charge in [0.1, 0.15) is 11.5 Å². The molecule has 6 nitrogen and oxygen atoms in total. The van der Waals surface area contributed by atoms with Crippen LogP contribution in [0.5, 0.6) is 0 Å². The van der Waals surface area contributed by atoms with E-state index in [1.165, 1.54) is 12.3 Å². The minimum absolute atomic E-state index is 0.0675. The molecule has 3 aromatic rings. The van der Waals surface area contributed by atoms with Crippen molar-refractivity contribution in [1.82, 2.24) is 24.4 Å². The van der Waals surface area contributed by atoms with Gasteiger partial charge in [0.25, 0.3) is 5.56 Å². The number of fused-ring (bicyclic) bond motifs is 4. The summed E-state index contributed by atoms with van der Waals surface area (Å²) in [6.07, 6.45) is 1.15. The highest BCUT2D eigenvalue weighted by molar-refractivity contribution is 5.55. The Hall–Kier alpha value is -2.94. The van der Waals surface area contributed by atoms with Crippen LogP contribution in [0.1, 0.15) is 29.3 Å². The summed E-state index contributed by atoms with van der Waals surface area (Å²) in [6, 6.07) is 6.18. The first-order chi connectivity index (χ1) is 14.4. The molecule has 2 atom stereocenters. The van der Waals surface area contributed by atoms with Crippen LogP contribution < -0.4 is 10.9 Å². The molecule has 3 aromatic heterocycles. The molecule has 0 aliphatic carbocycles. The number of hydrogen-bond donors (Lipinski definition) is 1. The first-order valence-corrected chi connectivity index (χ1v) is 9.88. The number of pyridine rings is 2. The van der Waals surface area contributed by atoms with Crippen molar-refractivity contribution >= 4 is 0 Å². The van der Waals surface area contributed by atoms with Crippen molar-refractivity contribution < 1.29 is 13.2 Å². The van der Waals surface area contributed by atoms with Gasteiger partial charge < -0.3 is 14.5 Å². The van der Waals surface area contributed by atoms with E-state index < -0.39 is 11.9 Å². The largest absolute Gasteiger partial charge is 0.433 e. The van der Waals surface area contributed by atoms with E-state index in [2.05, 4.69) is 15.3 Å². The summed E-state index contributed by atoms with van der Waals surface area (Å²) in [5, 5.41) is 3.43. The Kier molecular flexibility index (Phi) is 4.50. The zero-order valence-electron chi connectivity index (χ0n) is 16.1. The molecule has 9 heteroatoms. The van der Waals surface area contributed by atoms with Crippen molar-refractivity contribution in [3.05, 3.63) is 70.2 Å². The molecule has 2 aliphatic rings. The maximum atomic E-state index is 13.3. The van der Waals surface area contributed by atoms with E-state index in [0.717, 1.165) is 31.3 Å². The Morgan fingerprint density at radius 1 is 1.13 bits per heavy atom. The van der Waals surface area contributed by atoms with Gasteiger partial charge in [-0.25, -0.2) is 4.98 Å². The van der Waals surface area contributed by atoms with Gasteiger partial charge in [-0.3, -0.25) is 9.78 Å². The second-order valence-electron chi connectivity index (χ2n) is 7.97. The molecule has 1 fully saturated rings. The number of imidazole rings is 1. The molecule has 0 aromatic carbocycles. The van der Waals surface area contributed by atoms with Gasteiger partial charge in [0.15, 0.2) is 0 Å². The first-order valence-electron chi connectivity index (χ1n) is 9.88. The predicted molar refractivity (Wildman–Crippen MR) is 104 cm³/mol. The van der Waals surface area contributed by atoms with Crippen LogP contribution >= 0.6 is 0 Å². The summed E-state index contributed by atoms with van der Waals surface area (Å²) < 4.78 is 41.8. The lowest BCUT2D eigenvalue weighted by molar-refractivity contribution is -0.141. The number of hydrogen-bond acceptors (Lipinski definition) is 4. The number of halogens is 3. The van der Waals surface area contributed by atoms with Crippen LogP contribution in [0.3, 0.4) is 0 Å². The molecule has 0 spiro atoms. The van der Waals surface area contributed by atoms with Crippen LogP contribution in [-0.2, 0) is 19.3 Å². The normalized spacial score (nSPS) is 20.8. The lowest BCUT2D eigenvalue weighted by Gasteiger charge is -2.37. The molecule has 30 heavy (non-hydrogen) atoms. The van der Waals surface area contributed by atoms with Crippen molar-refractivity contribution in [2.45, 2.75) is 31.6 Å². The van der Waals surface area contributed by atoms with E-state index in [0.29, 0.717) is 35.3 Å². The fourth-order valence-corrected chi connectivity index (χ4v) is 4.52. The van der Waals surface area contributed by atoms with Crippen molar-refractivity contribution in [3.63, 3.8) is 0 Å². The average Bonchev–Trinajstić information content (AvgIpc) is 3.17. The second kappa shape index (κ2) is 7.09. The van der Waals surface area contributed by atoms with E-state index in [4.69, 9.17) is 0 Å². The summed E-state index contributed by atoms with van der Waals surface area (Å²) >= 11 is 0. The highest BCUT2D eigenvalue weighted by Crippen LogP contribution is 2.32. The molecule has 2 bridgehead atoms. The van der Waals surface area contributed by atoms with E-state index in [1.807, 2.05) is 16.7 Å². The minimum atomic E-state index is -4.47. The fourth-order valence-electron chi connectivity index (χ4n) is 4.52. The molecule has 5 rings (SSSR count). The SMILES string of the molecule is O=c1c(-c2nccn2Cc2ccc(C(F)(F)F)nc2)ccc2n1C[C@@H]1CNC[C@H]2C1. The zero-order valence-corrected chi connectivity index (χ0v) is 16.1. The summed E-state index contributed by atoms with van der Waals surface area (Å²) in [4.78, 5) is 21.1. The topological polar surface area (TPSA) is 64.7 Å². The highest BCUT2D eigenvalue weighted by Gasteiger charge is 2.33. The molecule has 5 heterocycles. The monoisotopic (exact) mass is 415 g/mol. The minimum Gasteiger partial charge on any atom is -0.326 e. The van der Waals surface area contributed by atoms with E-state index >= 15 is 0 Å². The molecule has 0 radical (unpaired) electrons. The molecule has 156 valence electrons. The van der Waals surface area contributed by atoms with Gasteiger partial charge in [-0.15, -0.1) is 0 Å². The predicted octanol–water partition coefficient (Wildman–Crippen LogP) is 2.88. The smallest absolute Gasteiger partial charge is 0.326 e. The third-order valence-electron chi connectivity index (χ3n) is 5.93. The summed E-state index contributed by atoms with van der Waals surface area (Å²) in [7, 11) is 0. The number of aromatic nitrogens is 4. The first kappa shape index (κ1) is 19.0. The summed E-state index contributed by atoms with van der Waals surface area (Å²) in [6.45, 7) is 2.76. The van der Waals surface area contributed by atoms with Crippen molar-refractivity contribution in [3.8, 4) is 11.4 Å². The summed E-state index contributed by atoms with van der Waals surface area (Å²) in [5.41, 5.74) is 1.15. The fraction of sp³-hybridized carbons (Fsp3) is 0.381. The van der Waals surface area contributed by atoms with Gasteiger partial charge in [0.05, 0.1) is 12.1 Å². The molecule has 1 saturated heterocycles. The van der Waals surface area contributed by atoms with E-state index in [-0.39, 0.29) is 12.1 Å². The van der Waals surface area contributed by atoms with Gasteiger partial charge in [0, 0.05) is 43.3 Å². The van der Waals surface area contributed by atoms with E-state index in [1.54, 1.807) is 17.0 Å². The van der Waals surface area contributed by atoms with Crippen molar-refractivity contribution in [2.24, 2.45) is 5.92 Å². The maximum Gasteiger partial charge on any atom is 0.433 e. The van der Waals surface area contributed by atoms with Crippen LogP contribution in [0.2, 0.25) is 0 Å². The zero-order chi connectivity index (χ0) is 20.9. The number of piperidine rings is 1. The Balaban J connectivity index is 1.47. The Labute approximate surface area is 170 Å². The number of nitrogens with one attached hydrogen (secondary N) is 1. The van der Waals surface area contributed by atoms with Crippen LogP contribution in [0.15, 0.2) is 47.7 Å². The number of rotatable bonds is 3. The van der Waals surface area contributed by atoms with Gasteiger partial charge in [0.2, 0.25) is 0 Å². The second-order valence-corrected chi connectivity index (χ2v) is 7.97. The standard InChI is InChI=1S/C21H20F3N5O/c22-21(23,24)18-4-1-13(9-27-18)11-28-6-5-26-19(28)16-2-3-17-15-7-14(8-25-10-15)12-29(17)20(16)30/h1-6,9,14-15,25H,7-8,10-12H2/t14-,15+/m0/s1. The third-order valence-corrected chi connectivity index (χ3v) is 5.93. The maximum absolute atomic E-state index is 13.3. The highest BCUT2D eigenvalue weighted by atomic mass is 19.4. The van der Waals surface area contributed by atoms with Crippen LogP contribution in [-0.4, -0.2) is 32.2 Å². The molecular formula is C21H20F3N5O. The number of alkyl halides is 3. The molecular weight excluding hydrogens is 395 g/mol. The number of nitrogens with zero attached hydrogens (tertiary/aromatic N) is 4. The van der Waals surface area contributed by atoms with Gasteiger partial charge in [-0.2, -0.15) is 13.2 Å². The Morgan fingerprint density at radius 2 is 2.00 bits per heavy atom. The van der Waals surface area contributed by atoms with Gasteiger partial charge in [-0.05, 0) is 42.6 Å². The van der Waals surface area contributed by atoms with Crippen molar-refractivity contribution in [2.75, 3.05) is 13.1 Å². The molecule has 0 amide bonds. The average molecular weight is 415 g/mol. The molecule has 0 unspecified atom stereocenters. The molecule has 2 aliphatic heterocycles. The van der Waals surface area contributed by atoms with Crippen LogP contribution in [0.25, 0.3) is 11.4 Å². The Morgan fingerprint density at radius 3 is 2.77 bits per heavy atom. The lowest BCUT2D eigenvalue weighted by Crippen LogP contribution is -2.45.